The van der Waals surface area contributed by atoms with Crippen LogP contribution in [-0.4, -0.2) is 15.8 Å². The van der Waals surface area contributed by atoms with E-state index in [9.17, 15) is 4.79 Å². The number of benzene rings is 1. The van der Waals surface area contributed by atoms with Gasteiger partial charge in [-0.3, -0.25) is 9.78 Å². The number of pyridine rings is 1. The average molecular weight is 224 g/mol. The molecule has 3 heteroatoms. The molecule has 2 heterocycles. The van der Waals surface area contributed by atoms with Crippen LogP contribution in [-0.2, 0) is 0 Å². The first-order valence-electron chi connectivity index (χ1n) is 5.69. The zero-order valence-electron chi connectivity index (χ0n) is 9.53. The first-order chi connectivity index (χ1) is 8.29. The topological polar surface area (TPSA) is 45.8 Å². The predicted octanol–water partition coefficient (Wildman–Crippen LogP) is 3.31. The number of para-hydroxylation sites is 1. The standard InChI is InChI=1S/C14H12N2O/c1-2-14(17)12-7-10-9-5-3-4-6-11(9)16-13(10)8-15-12/h3-8,16H,2H2,1H3. The maximum Gasteiger partial charge on any atom is 0.180 e. The van der Waals surface area contributed by atoms with Crippen molar-refractivity contribution in [3.8, 4) is 0 Å². The van der Waals surface area contributed by atoms with Crippen LogP contribution < -0.4 is 0 Å². The third kappa shape index (κ3) is 1.51. The SMILES string of the molecule is CCC(=O)c1cc2c(cn1)[nH]c1ccccc12. The van der Waals surface area contributed by atoms with E-state index in [2.05, 4.69) is 9.97 Å². The number of aromatic nitrogens is 2. The molecular formula is C14H12N2O. The number of fused-ring (bicyclic) bond motifs is 3. The predicted molar refractivity (Wildman–Crippen MR) is 68.2 cm³/mol. The van der Waals surface area contributed by atoms with E-state index in [-0.39, 0.29) is 5.78 Å². The summed E-state index contributed by atoms with van der Waals surface area (Å²) >= 11 is 0. The van der Waals surface area contributed by atoms with Gasteiger partial charge in [-0.1, -0.05) is 25.1 Å². The summed E-state index contributed by atoms with van der Waals surface area (Å²) in [5.74, 6) is 0.0807. The van der Waals surface area contributed by atoms with Gasteiger partial charge in [-0.25, -0.2) is 0 Å². The number of carbonyl (C=O) groups excluding carboxylic acids is 1. The summed E-state index contributed by atoms with van der Waals surface area (Å²) < 4.78 is 0. The molecule has 0 aliphatic rings. The molecule has 2 aromatic heterocycles. The first-order valence-corrected chi connectivity index (χ1v) is 5.69. The summed E-state index contributed by atoms with van der Waals surface area (Å²) in [4.78, 5) is 19.1. The van der Waals surface area contributed by atoms with Crippen LogP contribution in [0.25, 0.3) is 21.8 Å². The molecule has 0 amide bonds. The molecule has 0 radical (unpaired) electrons. The van der Waals surface area contributed by atoms with E-state index in [0.717, 1.165) is 21.8 Å². The maximum absolute atomic E-state index is 11.6. The molecule has 3 rings (SSSR count). The summed E-state index contributed by atoms with van der Waals surface area (Å²) in [6, 6.07) is 9.94. The van der Waals surface area contributed by atoms with Crippen molar-refractivity contribution in [2.75, 3.05) is 0 Å². The van der Waals surface area contributed by atoms with Crippen molar-refractivity contribution in [3.63, 3.8) is 0 Å². The number of rotatable bonds is 2. The van der Waals surface area contributed by atoms with E-state index in [1.165, 1.54) is 0 Å². The lowest BCUT2D eigenvalue weighted by molar-refractivity contribution is 0.0983. The largest absolute Gasteiger partial charge is 0.353 e. The van der Waals surface area contributed by atoms with Crippen molar-refractivity contribution in [3.05, 3.63) is 42.2 Å². The van der Waals surface area contributed by atoms with Gasteiger partial charge in [-0.15, -0.1) is 0 Å². The van der Waals surface area contributed by atoms with Gasteiger partial charge >= 0.3 is 0 Å². The second kappa shape index (κ2) is 3.70. The summed E-state index contributed by atoms with van der Waals surface area (Å²) in [6.45, 7) is 1.85. The molecular weight excluding hydrogens is 212 g/mol. The highest BCUT2D eigenvalue weighted by Gasteiger charge is 2.09. The molecule has 0 bridgehead atoms. The zero-order valence-corrected chi connectivity index (χ0v) is 9.53. The van der Waals surface area contributed by atoms with E-state index in [1.807, 2.05) is 37.3 Å². The minimum absolute atomic E-state index is 0.0807. The lowest BCUT2D eigenvalue weighted by Gasteiger charge is -1.97. The van der Waals surface area contributed by atoms with Crippen LogP contribution in [0.2, 0.25) is 0 Å². The van der Waals surface area contributed by atoms with Crippen LogP contribution in [0.3, 0.4) is 0 Å². The number of aromatic amines is 1. The third-order valence-corrected chi connectivity index (χ3v) is 3.00. The summed E-state index contributed by atoms with van der Waals surface area (Å²) in [5, 5.41) is 2.20. The molecule has 84 valence electrons. The highest BCUT2D eigenvalue weighted by molar-refractivity contribution is 6.09. The van der Waals surface area contributed by atoms with Crippen molar-refractivity contribution in [2.24, 2.45) is 0 Å². The fourth-order valence-electron chi connectivity index (χ4n) is 2.08. The number of hydrogen-bond donors (Lipinski definition) is 1. The monoisotopic (exact) mass is 224 g/mol. The molecule has 0 saturated carbocycles. The van der Waals surface area contributed by atoms with Crippen LogP contribution in [0, 0.1) is 0 Å². The van der Waals surface area contributed by atoms with E-state index < -0.39 is 0 Å². The van der Waals surface area contributed by atoms with Crippen LogP contribution in [0.5, 0.6) is 0 Å². The van der Waals surface area contributed by atoms with E-state index >= 15 is 0 Å². The Morgan fingerprint density at radius 2 is 2.06 bits per heavy atom. The Kier molecular flexibility index (Phi) is 2.18. The Labute approximate surface area is 98.5 Å². The molecule has 0 spiro atoms. The van der Waals surface area contributed by atoms with Gasteiger partial charge in [-0.2, -0.15) is 0 Å². The molecule has 0 atom stereocenters. The fraction of sp³-hybridized carbons (Fsp3) is 0.143. The zero-order chi connectivity index (χ0) is 11.8. The number of ketones is 1. The van der Waals surface area contributed by atoms with Gasteiger partial charge in [0.1, 0.15) is 5.69 Å². The van der Waals surface area contributed by atoms with Crippen LogP contribution in [0.1, 0.15) is 23.8 Å². The number of Topliss-reactive ketones (excluding diaryl/α,β-unsaturated/α-hetero) is 1. The Morgan fingerprint density at radius 1 is 1.24 bits per heavy atom. The van der Waals surface area contributed by atoms with Gasteiger partial charge in [0.15, 0.2) is 5.78 Å². The third-order valence-electron chi connectivity index (χ3n) is 3.00. The minimum Gasteiger partial charge on any atom is -0.353 e. The number of carbonyl (C=O) groups is 1. The van der Waals surface area contributed by atoms with Crippen molar-refractivity contribution in [1.29, 1.82) is 0 Å². The fourth-order valence-corrected chi connectivity index (χ4v) is 2.08. The number of nitrogens with one attached hydrogen (secondary N) is 1. The molecule has 0 aliphatic carbocycles. The molecule has 17 heavy (non-hydrogen) atoms. The molecule has 0 fully saturated rings. The van der Waals surface area contributed by atoms with Gasteiger partial charge in [0.2, 0.25) is 0 Å². The molecule has 3 aromatic rings. The molecule has 1 N–H and O–H groups in total. The highest BCUT2D eigenvalue weighted by atomic mass is 16.1. The lowest BCUT2D eigenvalue weighted by Crippen LogP contribution is -1.99. The van der Waals surface area contributed by atoms with Crippen molar-refractivity contribution >= 4 is 27.6 Å². The minimum atomic E-state index is 0.0807. The second-order valence-electron chi connectivity index (χ2n) is 4.06. The van der Waals surface area contributed by atoms with Gasteiger partial charge in [0.25, 0.3) is 0 Å². The smallest absolute Gasteiger partial charge is 0.180 e. The molecule has 3 nitrogen and oxygen atoms in total. The quantitative estimate of drug-likeness (QED) is 0.679. The Bertz CT molecular complexity index is 712. The van der Waals surface area contributed by atoms with Crippen LogP contribution >= 0.6 is 0 Å². The lowest BCUT2D eigenvalue weighted by atomic mass is 10.1. The first kappa shape index (κ1) is 10.0. The summed E-state index contributed by atoms with van der Waals surface area (Å²) in [5.41, 5.74) is 2.59. The Hall–Kier alpha value is -2.16. The van der Waals surface area contributed by atoms with E-state index in [4.69, 9.17) is 0 Å². The number of nitrogens with zero attached hydrogens (tertiary/aromatic N) is 1. The summed E-state index contributed by atoms with van der Waals surface area (Å²) in [6.07, 6.45) is 2.22. The normalized spacial score (nSPS) is 11.1. The maximum atomic E-state index is 11.6. The Morgan fingerprint density at radius 3 is 2.88 bits per heavy atom. The van der Waals surface area contributed by atoms with Crippen molar-refractivity contribution in [1.82, 2.24) is 9.97 Å². The van der Waals surface area contributed by atoms with E-state index in [0.29, 0.717) is 12.1 Å². The average Bonchev–Trinajstić information content (AvgIpc) is 2.75. The molecule has 1 aromatic carbocycles. The molecule has 0 aliphatic heterocycles. The van der Waals surface area contributed by atoms with Crippen molar-refractivity contribution < 1.29 is 4.79 Å². The number of hydrogen-bond acceptors (Lipinski definition) is 2. The van der Waals surface area contributed by atoms with Gasteiger partial charge in [-0.05, 0) is 12.1 Å². The summed E-state index contributed by atoms with van der Waals surface area (Å²) in [7, 11) is 0. The molecule has 0 saturated heterocycles. The highest BCUT2D eigenvalue weighted by Crippen LogP contribution is 2.25. The van der Waals surface area contributed by atoms with Gasteiger partial charge < -0.3 is 4.98 Å². The second-order valence-corrected chi connectivity index (χ2v) is 4.06. The van der Waals surface area contributed by atoms with Gasteiger partial charge in [0.05, 0.1) is 11.7 Å². The Balaban J connectivity index is 2.33. The van der Waals surface area contributed by atoms with Crippen LogP contribution in [0.4, 0.5) is 0 Å². The van der Waals surface area contributed by atoms with Crippen molar-refractivity contribution in [2.45, 2.75) is 13.3 Å². The van der Waals surface area contributed by atoms with Crippen LogP contribution in [0.15, 0.2) is 36.5 Å². The van der Waals surface area contributed by atoms with Gasteiger partial charge in [0, 0.05) is 22.7 Å². The van der Waals surface area contributed by atoms with E-state index in [1.54, 1.807) is 6.20 Å². The number of H-pyrrole nitrogens is 1. The molecule has 0 unspecified atom stereocenters.